The van der Waals surface area contributed by atoms with Gasteiger partial charge in [-0.25, -0.2) is 0 Å². The van der Waals surface area contributed by atoms with Crippen molar-refractivity contribution in [2.75, 3.05) is 11.9 Å². The second-order valence-corrected chi connectivity index (χ2v) is 5.81. The van der Waals surface area contributed by atoms with Crippen LogP contribution in [0.3, 0.4) is 0 Å². The molecule has 3 heteroatoms. The van der Waals surface area contributed by atoms with Crippen LogP contribution in [-0.4, -0.2) is 13.0 Å². The minimum atomic E-state index is 0.203. The average molecular weight is 274 g/mol. The summed E-state index contributed by atoms with van der Waals surface area (Å²) in [5, 5.41) is 0. The predicted molar refractivity (Wildman–Crippen MR) is 83.6 cm³/mol. The van der Waals surface area contributed by atoms with Crippen LogP contribution in [0, 0.1) is 5.92 Å². The van der Waals surface area contributed by atoms with Crippen molar-refractivity contribution in [1.29, 1.82) is 0 Å². The number of nitrogens with two attached hydrogens (primary N) is 1. The van der Waals surface area contributed by atoms with Gasteiger partial charge >= 0.3 is 0 Å². The zero-order chi connectivity index (χ0) is 14.4. The van der Waals surface area contributed by atoms with Gasteiger partial charge in [0.05, 0.1) is 0 Å². The lowest BCUT2D eigenvalue weighted by molar-refractivity contribution is -0.122. The van der Waals surface area contributed by atoms with Gasteiger partial charge in [-0.1, -0.05) is 44.2 Å². The van der Waals surface area contributed by atoms with Gasteiger partial charge in [0, 0.05) is 25.2 Å². The van der Waals surface area contributed by atoms with Crippen LogP contribution in [0.2, 0.25) is 0 Å². The van der Waals surface area contributed by atoms with Crippen molar-refractivity contribution in [2.45, 2.75) is 51.5 Å². The summed E-state index contributed by atoms with van der Waals surface area (Å²) in [6, 6.07) is 7.97. The standard InChI is InChI=1S/C17H26N2O/c1-19(16-11-9-14(13-18)10-12-16)17(20)15-7-5-3-2-4-6-8-15/h9-12,15H,2-8,13,18H2,1H3. The van der Waals surface area contributed by atoms with Crippen LogP contribution < -0.4 is 10.6 Å². The Morgan fingerprint density at radius 2 is 1.65 bits per heavy atom. The molecular weight excluding hydrogens is 248 g/mol. The van der Waals surface area contributed by atoms with Crippen LogP contribution in [-0.2, 0) is 11.3 Å². The van der Waals surface area contributed by atoms with Crippen LogP contribution in [0.15, 0.2) is 24.3 Å². The molecular formula is C17H26N2O. The Bertz CT molecular complexity index is 419. The van der Waals surface area contributed by atoms with Gasteiger partial charge in [-0.2, -0.15) is 0 Å². The molecule has 1 saturated carbocycles. The minimum Gasteiger partial charge on any atom is -0.326 e. The van der Waals surface area contributed by atoms with Crippen molar-refractivity contribution >= 4 is 11.6 Å². The van der Waals surface area contributed by atoms with E-state index in [2.05, 4.69) is 0 Å². The van der Waals surface area contributed by atoms with Crippen LogP contribution in [0.4, 0.5) is 5.69 Å². The third kappa shape index (κ3) is 3.83. The summed E-state index contributed by atoms with van der Waals surface area (Å²) in [6.07, 6.45) is 8.36. The zero-order valence-electron chi connectivity index (χ0n) is 12.5. The van der Waals surface area contributed by atoms with Gasteiger partial charge in [-0.05, 0) is 30.5 Å². The van der Waals surface area contributed by atoms with Crippen molar-refractivity contribution < 1.29 is 4.79 Å². The highest BCUT2D eigenvalue weighted by molar-refractivity contribution is 5.94. The first-order valence-electron chi connectivity index (χ1n) is 7.79. The highest BCUT2D eigenvalue weighted by atomic mass is 16.2. The number of anilines is 1. The number of nitrogens with zero attached hydrogens (tertiary/aromatic N) is 1. The van der Waals surface area contributed by atoms with Crippen molar-refractivity contribution in [2.24, 2.45) is 11.7 Å². The molecule has 0 heterocycles. The van der Waals surface area contributed by atoms with Crippen LogP contribution in [0.5, 0.6) is 0 Å². The average Bonchev–Trinajstić information content (AvgIpc) is 2.46. The first kappa shape index (κ1) is 15.0. The Morgan fingerprint density at radius 1 is 1.10 bits per heavy atom. The molecule has 2 rings (SSSR count). The molecule has 0 atom stereocenters. The van der Waals surface area contributed by atoms with E-state index >= 15 is 0 Å². The van der Waals surface area contributed by atoms with E-state index < -0.39 is 0 Å². The third-order valence-electron chi connectivity index (χ3n) is 4.34. The SMILES string of the molecule is CN(C(=O)C1CCCCCCC1)c1ccc(CN)cc1. The smallest absolute Gasteiger partial charge is 0.229 e. The maximum absolute atomic E-state index is 12.6. The summed E-state index contributed by atoms with van der Waals surface area (Å²) in [6.45, 7) is 0.542. The first-order valence-corrected chi connectivity index (χ1v) is 7.79. The van der Waals surface area contributed by atoms with E-state index in [1.54, 1.807) is 0 Å². The Morgan fingerprint density at radius 3 is 2.20 bits per heavy atom. The molecule has 110 valence electrons. The van der Waals surface area contributed by atoms with Gasteiger partial charge in [0.1, 0.15) is 0 Å². The molecule has 20 heavy (non-hydrogen) atoms. The van der Waals surface area contributed by atoms with Gasteiger partial charge in [-0.3, -0.25) is 4.79 Å². The second kappa shape index (κ2) is 7.44. The summed E-state index contributed by atoms with van der Waals surface area (Å²) in [4.78, 5) is 14.4. The lowest BCUT2D eigenvalue weighted by Gasteiger charge is -2.25. The monoisotopic (exact) mass is 274 g/mol. The number of carbonyl (C=O) groups is 1. The molecule has 1 aromatic rings. The molecule has 3 nitrogen and oxygen atoms in total. The van der Waals surface area contributed by atoms with E-state index in [-0.39, 0.29) is 11.8 Å². The molecule has 0 radical (unpaired) electrons. The molecule has 0 unspecified atom stereocenters. The molecule has 0 aliphatic heterocycles. The third-order valence-corrected chi connectivity index (χ3v) is 4.34. The molecule has 1 amide bonds. The molecule has 1 fully saturated rings. The van der Waals surface area contributed by atoms with Crippen LogP contribution >= 0.6 is 0 Å². The summed E-state index contributed by atoms with van der Waals surface area (Å²) in [5.41, 5.74) is 7.67. The predicted octanol–water partition coefficient (Wildman–Crippen LogP) is 3.47. The number of rotatable bonds is 3. The summed E-state index contributed by atoms with van der Waals surface area (Å²) >= 11 is 0. The van der Waals surface area contributed by atoms with E-state index in [9.17, 15) is 4.79 Å². The first-order chi connectivity index (χ1) is 9.72. The highest BCUT2D eigenvalue weighted by Gasteiger charge is 2.23. The zero-order valence-corrected chi connectivity index (χ0v) is 12.5. The molecule has 1 aliphatic rings. The molecule has 0 bridgehead atoms. The topological polar surface area (TPSA) is 46.3 Å². The number of hydrogen-bond acceptors (Lipinski definition) is 2. The van der Waals surface area contributed by atoms with Gasteiger partial charge in [0.15, 0.2) is 0 Å². The van der Waals surface area contributed by atoms with Crippen molar-refractivity contribution in [3.05, 3.63) is 29.8 Å². The Hall–Kier alpha value is -1.35. The second-order valence-electron chi connectivity index (χ2n) is 5.81. The Balaban J connectivity index is 2.01. The fourth-order valence-corrected chi connectivity index (χ4v) is 2.96. The normalized spacial score (nSPS) is 17.3. The molecule has 1 aliphatic carbocycles. The minimum absolute atomic E-state index is 0.203. The molecule has 0 spiro atoms. The Labute approximate surface area is 122 Å². The van der Waals surface area contributed by atoms with E-state index in [1.807, 2.05) is 36.2 Å². The highest BCUT2D eigenvalue weighted by Crippen LogP contribution is 2.25. The quantitative estimate of drug-likeness (QED) is 0.917. The number of hydrogen-bond donors (Lipinski definition) is 1. The lowest BCUT2D eigenvalue weighted by Crippen LogP contribution is -2.33. The Kier molecular flexibility index (Phi) is 5.60. The maximum atomic E-state index is 12.6. The lowest BCUT2D eigenvalue weighted by atomic mass is 9.90. The van der Waals surface area contributed by atoms with E-state index in [0.717, 1.165) is 24.1 Å². The number of amides is 1. The van der Waals surface area contributed by atoms with E-state index in [0.29, 0.717) is 6.54 Å². The van der Waals surface area contributed by atoms with E-state index in [4.69, 9.17) is 5.73 Å². The van der Waals surface area contributed by atoms with Gasteiger partial charge in [0.25, 0.3) is 0 Å². The van der Waals surface area contributed by atoms with Gasteiger partial charge < -0.3 is 10.6 Å². The van der Waals surface area contributed by atoms with Crippen molar-refractivity contribution in [1.82, 2.24) is 0 Å². The van der Waals surface area contributed by atoms with Gasteiger partial charge in [-0.15, -0.1) is 0 Å². The van der Waals surface area contributed by atoms with Crippen LogP contribution in [0.25, 0.3) is 0 Å². The molecule has 0 saturated heterocycles. The molecule has 1 aromatic carbocycles. The van der Waals surface area contributed by atoms with E-state index in [1.165, 1.54) is 32.1 Å². The molecule has 0 aromatic heterocycles. The summed E-state index contributed by atoms with van der Waals surface area (Å²) in [7, 11) is 1.89. The van der Waals surface area contributed by atoms with Crippen molar-refractivity contribution in [3.63, 3.8) is 0 Å². The van der Waals surface area contributed by atoms with Crippen molar-refractivity contribution in [3.8, 4) is 0 Å². The fraction of sp³-hybridized carbons (Fsp3) is 0.588. The summed E-state index contributed by atoms with van der Waals surface area (Å²) in [5.74, 6) is 0.474. The maximum Gasteiger partial charge on any atom is 0.229 e. The fourth-order valence-electron chi connectivity index (χ4n) is 2.96. The largest absolute Gasteiger partial charge is 0.326 e. The van der Waals surface area contributed by atoms with Gasteiger partial charge in [0.2, 0.25) is 5.91 Å². The summed E-state index contributed by atoms with van der Waals surface area (Å²) < 4.78 is 0. The van der Waals surface area contributed by atoms with Crippen LogP contribution in [0.1, 0.15) is 50.5 Å². The number of carbonyl (C=O) groups excluding carboxylic acids is 1. The molecule has 2 N–H and O–H groups in total. The number of benzene rings is 1.